The third-order valence-corrected chi connectivity index (χ3v) is 4.10. The van der Waals surface area contributed by atoms with Crippen LogP contribution in [0.4, 0.5) is 0 Å². The second kappa shape index (κ2) is 10.5. The first-order valence-electron chi connectivity index (χ1n) is 8.05. The second-order valence-corrected chi connectivity index (χ2v) is 5.59. The van der Waals surface area contributed by atoms with Crippen LogP contribution in [0, 0.1) is 23.4 Å². The van der Waals surface area contributed by atoms with Crippen LogP contribution in [0.25, 0.3) is 0 Å². The van der Waals surface area contributed by atoms with Crippen LogP contribution in [0.2, 0.25) is 0 Å². The molecule has 0 saturated carbocycles. The van der Waals surface area contributed by atoms with Gasteiger partial charge in [0.1, 0.15) is 6.79 Å². The van der Waals surface area contributed by atoms with Crippen molar-refractivity contribution in [3.05, 3.63) is 0 Å². The van der Waals surface area contributed by atoms with Gasteiger partial charge in [0.2, 0.25) is 0 Å². The zero-order valence-corrected chi connectivity index (χ0v) is 13.7. The van der Waals surface area contributed by atoms with E-state index in [2.05, 4.69) is 18.6 Å². The van der Waals surface area contributed by atoms with Crippen LogP contribution in [-0.4, -0.2) is 32.3 Å². The van der Waals surface area contributed by atoms with Crippen molar-refractivity contribution in [3.63, 3.8) is 0 Å². The first-order valence-corrected chi connectivity index (χ1v) is 8.05. The summed E-state index contributed by atoms with van der Waals surface area (Å²) >= 11 is 0. The molecule has 6 heteroatoms. The zero-order valence-electron chi connectivity index (χ0n) is 13.7. The smallest absolute Gasteiger partial charge is 0.327 e. The number of hydrogen-bond donors (Lipinski definition) is 0. The maximum absolute atomic E-state index is 12.2. The molecule has 1 aliphatic rings. The van der Waals surface area contributed by atoms with E-state index >= 15 is 0 Å². The first-order chi connectivity index (χ1) is 10.7. The number of carbonyl (C=O) groups excluding carboxylic acids is 1. The SMILES string of the molecule is CCCCC(C(=O)OC#N)C1OCOC(OC)C1CCCC. The van der Waals surface area contributed by atoms with E-state index in [4.69, 9.17) is 19.5 Å². The molecule has 0 bridgehead atoms. The van der Waals surface area contributed by atoms with Gasteiger partial charge in [-0.3, -0.25) is 4.79 Å². The fraction of sp³-hybridized carbons (Fsp3) is 0.875. The number of hydrogen-bond acceptors (Lipinski definition) is 6. The number of ether oxygens (including phenoxy) is 4. The van der Waals surface area contributed by atoms with Crippen molar-refractivity contribution in [2.45, 2.75) is 64.8 Å². The molecule has 4 atom stereocenters. The van der Waals surface area contributed by atoms with Crippen molar-refractivity contribution >= 4 is 5.97 Å². The average Bonchev–Trinajstić information content (AvgIpc) is 2.53. The lowest BCUT2D eigenvalue weighted by molar-refractivity contribution is -0.290. The number of methoxy groups -OCH3 is 1. The van der Waals surface area contributed by atoms with Crippen molar-refractivity contribution in [2.75, 3.05) is 13.9 Å². The highest BCUT2D eigenvalue weighted by atomic mass is 16.8. The maximum Gasteiger partial charge on any atom is 0.327 e. The number of esters is 1. The molecule has 0 aromatic heterocycles. The van der Waals surface area contributed by atoms with E-state index in [1.54, 1.807) is 7.11 Å². The third kappa shape index (κ3) is 5.24. The minimum Gasteiger partial charge on any atom is -0.355 e. The molecule has 0 N–H and O–H groups in total. The van der Waals surface area contributed by atoms with Crippen molar-refractivity contribution in [1.82, 2.24) is 0 Å². The molecule has 1 rings (SSSR count). The van der Waals surface area contributed by atoms with Crippen LogP contribution in [0.1, 0.15) is 52.4 Å². The number of unbranched alkanes of at least 4 members (excludes halogenated alkanes) is 2. The van der Waals surface area contributed by atoms with Crippen LogP contribution in [0.3, 0.4) is 0 Å². The lowest BCUT2D eigenvalue weighted by Crippen LogP contribution is -2.48. The monoisotopic (exact) mass is 313 g/mol. The molecule has 1 saturated heterocycles. The Hall–Kier alpha value is -1.16. The summed E-state index contributed by atoms with van der Waals surface area (Å²) in [4.78, 5) is 12.2. The number of rotatable bonds is 9. The molecule has 4 unspecified atom stereocenters. The van der Waals surface area contributed by atoms with E-state index in [1.165, 1.54) is 6.26 Å². The maximum atomic E-state index is 12.2. The lowest BCUT2D eigenvalue weighted by Gasteiger charge is -2.40. The van der Waals surface area contributed by atoms with E-state index in [0.29, 0.717) is 6.42 Å². The normalized spacial score (nSPS) is 26.2. The summed E-state index contributed by atoms with van der Waals surface area (Å²) in [6.45, 7) is 4.26. The Kier molecular flexibility index (Phi) is 9.05. The molecule has 126 valence electrons. The number of nitrogens with zero attached hydrogens (tertiary/aromatic N) is 1. The quantitative estimate of drug-likeness (QED) is 0.481. The van der Waals surface area contributed by atoms with Gasteiger partial charge in [-0.2, -0.15) is 0 Å². The molecular formula is C16H27NO5. The van der Waals surface area contributed by atoms with Gasteiger partial charge in [-0.1, -0.05) is 39.5 Å². The molecule has 1 aliphatic heterocycles. The van der Waals surface area contributed by atoms with Gasteiger partial charge in [-0.05, 0) is 12.8 Å². The Morgan fingerprint density at radius 2 is 2.05 bits per heavy atom. The largest absolute Gasteiger partial charge is 0.355 e. The summed E-state index contributed by atoms with van der Waals surface area (Å²) in [6, 6.07) is 0. The molecule has 0 aromatic carbocycles. The summed E-state index contributed by atoms with van der Waals surface area (Å²) in [6.07, 6.45) is 6.14. The third-order valence-electron chi connectivity index (χ3n) is 4.10. The molecule has 0 aromatic rings. The minimum atomic E-state index is -0.515. The van der Waals surface area contributed by atoms with Gasteiger partial charge in [0.05, 0.1) is 12.0 Å². The standard InChI is InChI=1S/C16H27NO5/c1-4-6-8-12(15(18)20-10-17)14-13(9-7-5-2)16(19-3)22-11-21-14/h12-14,16H,4-9,11H2,1-3H3. The van der Waals surface area contributed by atoms with Gasteiger partial charge in [0, 0.05) is 13.0 Å². The molecule has 1 fully saturated rings. The molecule has 0 radical (unpaired) electrons. The van der Waals surface area contributed by atoms with Gasteiger partial charge >= 0.3 is 5.97 Å². The van der Waals surface area contributed by atoms with Crippen molar-refractivity contribution in [3.8, 4) is 6.26 Å². The Morgan fingerprint density at radius 1 is 1.32 bits per heavy atom. The Morgan fingerprint density at radius 3 is 2.64 bits per heavy atom. The minimum absolute atomic E-state index is 0.0354. The van der Waals surface area contributed by atoms with Gasteiger partial charge in [-0.15, -0.1) is 5.26 Å². The second-order valence-electron chi connectivity index (χ2n) is 5.59. The summed E-state index contributed by atoms with van der Waals surface area (Å²) in [5.74, 6) is -1.01. The average molecular weight is 313 g/mol. The predicted octanol–water partition coefficient (Wildman–Crippen LogP) is 2.97. The molecule has 0 amide bonds. The van der Waals surface area contributed by atoms with E-state index in [-0.39, 0.29) is 25.1 Å². The topological polar surface area (TPSA) is 77.8 Å². The Bertz CT molecular complexity index is 368. The lowest BCUT2D eigenvalue weighted by atomic mass is 9.83. The van der Waals surface area contributed by atoms with Crippen LogP contribution in [-0.2, 0) is 23.7 Å². The summed E-state index contributed by atoms with van der Waals surface area (Å²) < 4.78 is 21.2. The van der Waals surface area contributed by atoms with Crippen LogP contribution in [0.5, 0.6) is 0 Å². The fourth-order valence-corrected chi connectivity index (χ4v) is 2.95. The highest BCUT2D eigenvalue weighted by Crippen LogP contribution is 2.33. The van der Waals surface area contributed by atoms with Gasteiger partial charge in [0.15, 0.2) is 6.29 Å². The Balaban J connectivity index is 2.89. The molecule has 0 spiro atoms. The predicted molar refractivity (Wildman–Crippen MR) is 79.4 cm³/mol. The number of nitriles is 1. The van der Waals surface area contributed by atoms with Gasteiger partial charge in [-0.25, -0.2) is 0 Å². The molecular weight excluding hydrogens is 286 g/mol. The van der Waals surface area contributed by atoms with E-state index in [1.807, 2.05) is 0 Å². The molecule has 1 heterocycles. The van der Waals surface area contributed by atoms with E-state index < -0.39 is 11.9 Å². The Labute approximate surface area is 132 Å². The summed E-state index contributed by atoms with van der Waals surface area (Å²) in [5.41, 5.74) is 0. The highest BCUT2D eigenvalue weighted by molar-refractivity contribution is 5.74. The van der Waals surface area contributed by atoms with Crippen molar-refractivity contribution < 1.29 is 23.7 Å². The van der Waals surface area contributed by atoms with Crippen molar-refractivity contribution in [2.24, 2.45) is 11.8 Å². The van der Waals surface area contributed by atoms with Crippen LogP contribution < -0.4 is 0 Å². The van der Waals surface area contributed by atoms with Gasteiger partial charge < -0.3 is 18.9 Å². The molecule has 6 nitrogen and oxygen atoms in total. The summed E-state index contributed by atoms with van der Waals surface area (Å²) in [7, 11) is 1.60. The first kappa shape index (κ1) is 18.9. The summed E-state index contributed by atoms with van der Waals surface area (Å²) in [5, 5.41) is 8.63. The van der Waals surface area contributed by atoms with E-state index in [9.17, 15) is 4.79 Å². The van der Waals surface area contributed by atoms with Gasteiger partial charge in [0.25, 0.3) is 6.26 Å². The van der Waals surface area contributed by atoms with E-state index in [0.717, 1.165) is 32.1 Å². The molecule has 22 heavy (non-hydrogen) atoms. The fourth-order valence-electron chi connectivity index (χ4n) is 2.95. The zero-order chi connectivity index (χ0) is 16.4. The number of carbonyl (C=O) groups is 1. The molecule has 0 aliphatic carbocycles. The highest BCUT2D eigenvalue weighted by Gasteiger charge is 2.42. The van der Waals surface area contributed by atoms with Crippen molar-refractivity contribution in [1.29, 1.82) is 5.26 Å². The van der Waals surface area contributed by atoms with Crippen LogP contribution in [0.15, 0.2) is 0 Å². The van der Waals surface area contributed by atoms with Crippen LogP contribution >= 0.6 is 0 Å².